The van der Waals surface area contributed by atoms with E-state index in [4.69, 9.17) is 14.0 Å². The van der Waals surface area contributed by atoms with Crippen LogP contribution in [0.25, 0.3) is 22.8 Å². The van der Waals surface area contributed by atoms with Gasteiger partial charge in [-0.2, -0.15) is 4.98 Å². The molecule has 0 saturated heterocycles. The number of ether oxygens (including phenoxy) is 2. The van der Waals surface area contributed by atoms with E-state index in [0.717, 1.165) is 0 Å². The number of benzene rings is 2. The van der Waals surface area contributed by atoms with Crippen LogP contribution in [0.5, 0.6) is 5.75 Å². The quantitative estimate of drug-likeness (QED) is 0.358. The van der Waals surface area contributed by atoms with Gasteiger partial charge in [-0.15, -0.1) is 0 Å². The Labute approximate surface area is 212 Å². The predicted molar refractivity (Wildman–Crippen MR) is 136 cm³/mol. The summed E-state index contributed by atoms with van der Waals surface area (Å²) in [4.78, 5) is 42.4. The number of aromatic nitrogens is 3. The summed E-state index contributed by atoms with van der Waals surface area (Å²) in [5.74, 6) is 0.238. The second kappa shape index (κ2) is 10.9. The Balaban J connectivity index is 1.55. The fourth-order valence-corrected chi connectivity index (χ4v) is 3.81. The van der Waals surface area contributed by atoms with Crippen LogP contribution in [0.2, 0.25) is 0 Å². The molecule has 0 fully saturated rings. The second-order valence-corrected chi connectivity index (χ2v) is 8.23. The molecule has 2 aromatic heterocycles. The monoisotopic (exact) mass is 502 g/mol. The van der Waals surface area contributed by atoms with Crippen LogP contribution in [0.4, 0.5) is 5.69 Å². The summed E-state index contributed by atoms with van der Waals surface area (Å²) in [7, 11) is 1.58. The number of esters is 1. The number of aryl methyl sites for hydroxylation is 2. The molecule has 190 valence electrons. The molecule has 0 spiro atoms. The van der Waals surface area contributed by atoms with E-state index in [1.165, 1.54) is 4.57 Å². The van der Waals surface area contributed by atoms with Gasteiger partial charge in [0.2, 0.25) is 11.7 Å². The van der Waals surface area contributed by atoms with Crippen LogP contribution in [-0.2, 0) is 16.1 Å². The molecular weight excluding hydrogens is 476 g/mol. The van der Waals surface area contributed by atoms with Crippen LogP contribution >= 0.6 is 0 Å². The molecule has 0 saturated carbocycles. The number of hydrogen-bond acceptors (Lipinski definition) is 8. The van der Waals surface area contributed by atoms with Crippen molar-refractivity contribution in [2.24, 2.45) is 0 Å². The number of rotatable bonds is 8. The largest absolute Gasteiger partial charge is 0.497 e. The van der Waals surface area contributed by atoms with Crippen molar-refractivity contribution in [2.45, 2.75) is 27.3 Å². The van der Waals surface area contributed by atoms with Gasteiger partial charge in [0.05, 0.1) is 19.3 Å². The molecule has 4 rings (SSSR count). The number of hydrogen-bond donors (Lipinski definition) is 1. The Bertz CT molecular complexity index is 1490. The summed E-state index contributed by atoms with van der Waals surface area (Å²) in [6.45, 7) is 5.30. The molecule has 0 unspecified atom stereocenters. The summed E-state index contributed by atoms with van der Waals surface area (Å²) in [5.41, 5.74) is 2.63. The zero-order chi connectivity index (χ0) is 26.5. The number of carbonyl (C=O) groups excluding carboxylic acids is 2. The van der Waals surface area contributed by atoms with E-state index in [0.29, 0.717) is 39.6 Å². The van der Waals surface area contributed by atoms with Crippen molar-refractivity contribution in [2.75, 3.05) is 19.0 Å². The summed E-state index contributed by atoms with van der Waals surface area (Å²) in [6.07, 6.45) is 0. The zero-order valence-electron chi connectivity index (χ0n) is 20.9. The summed E-state index contributed by atoms with van der Waals surface area (Å²) in [6, 6.07) is 15.2. The lowest BCUT2D eigenvalue weighted by Crippen LogP contribution is -2.30. The van der Waals surface area contributed by atoms with Gasteiger partial charge in [0.1, 0.15) is 17.9 Å². The minimum Gasteiger partial charge on any atom is -0.497 e. The molecule has 0 atom stereocenters. The Morgan fingerprint density at radius 3 is 2.41 bits per heavy atom. The molecule has 0 aliphatic carbocycles. The van der Waals surface area contributed by atoms with Crippen molar-refractivity contribution in [1.29, 1.82) is 0 Å². The Kier molecular flexibility index (Phi) is 7.47. The molecular formula is C27H26N4O6. The molecule has 0 aliphatic heterocycles. The van der Waals surface area contributed by atoms with Gasteiger partial charge in [0, 0.05) is 16.9 Å². The van der Waals surface area contributed by atoms with Crippen LogP contribution < -0.4 is 15.6 Å². The van der Waals surface area contributed by atoms with Gasteiger partial charge in [-0.25, -0.2) is 4.79 Å². The van der Waals surface area contributed by atoms with Gasteiger partial charge in [-0.1, -0.05) is 5.16 Å². The SMILES string of the molecule is CCOC(=O)c1ccc(NC(=O)Cn2c(C)cc(C)c(-c3nc(-c4ccc(OC)cc4)no3)c2=O)cc1. The summed E-state index contributed by atoms with van der Waals surface area (Å²) < 4.78 is 16.9. The molecule has 10 nitrogen and oxygen atoms in total. The van der Waals surface area contributed by atoms with Gasteiger partial charge < -0.3 is 23.9 Å². The van der Waals surface area contributed by atoms with E-state index < -0.39 is 17.4 Å². The highest BCUT2D eigenvalue weighted by Gasteiger charge is 2.20. The fraction of sp³-hybridized carbons (Fsp3) is 0.222. The zero-order valence-corrected chi connectivity index (χ0v) is 20.9. The van der Waals surface area contributed by atoms with Crippen LogP contribution in [0.3, 0.4) is 0 Å². The molecule has 4 aromatic rings. The standard InChI is InChI=1S/C27H26N4O6/c1-5-36-27(34)19-6-10-20(11-7-19)28-22(32)15-31-17(3)14-16(2)23(26(31)33)25-29-24(30-37-25)18-8-12-21(35-4)13-9-18/h6-14H,5,15H2,1-4H3,(H,28,32). The molecule has 37 heavy (non-hydrogen) atoms. The maximum absolute atomic E-state index is 13.4. The highest BCUT2D eigenvalue weighted by molar-refractivity contribution is 5.93. The Morgan fingerprint density at radius 1 is 1.05 bits per heavy atom. The molecule has 2 aromatic carbocycles. The molecule has 0 bridgehead atoms. The highest BCUT2D eigenvalue weighted by Crippen LogP contribution is 2.24. The number of anilines is 1. The van der Waals surface area contributed by atoms with Crippen LogP contribution in [0.1, 0.15) is 28.5 Å². The van der Waals surface area contributed by atoms with Crippen molar-refractivity contribution in [3.05, 3.63) is 81.8 Å². The first kappa shape index (κ1) is 25.4. The number of carbonyl (C=O) groups is 2. The van der Waals surface area contributed by atoms with Gasteiger partial charge in [0.15, 0.2) is 0 Å². The fourth-order valence-electron chi connectivity index (χ4n) is 3.81. The lowest BCUT2D eigenvalue weighted by atomic mass is 10.1. The Morgan fingerprint density at radius 2 is 1.76 bits per heavy atom. The van der Waals surface area contributed by atoms with Gasteiger partial charge >= 0.3 is 5.97 Å². The van der Waals surface area contributed by atoms with Gasteiger partial charge in [0.25, 0.3) is 11.4 Å². The normalized spacial score (nSPS) is 10.7. The minimum absolute atomic E-state index is 0.0667. The van der Waals surface area contributed by atoms with E-state index in [9.17, 15) is 14.4 Å². The smallest absolute Gasteiger partial charge is 0.338 e. The van der Waals surface area contributed by atoms with Crippen LogP contribution in [0, 0.1) is 13.8 Å². The van der Waals surface area contributed by atoms with Crippen molar-refractivity contribution < 1.29 is 23.6 Å². The number of pyridine rings is 1. The molecule has 10 heteroatoms. The maximum Gasteiger partial charge on any atom is 0.338 e. The number of nitrogens with one attached hydrogen (secondary N) is 1. The first-order valence-corrected chi connectivity index (χ1v) is 11.6. The molecule has 0 radical (unpaired) electrons. The lowest BCUT2D eigenvalue weighted by Gasteiger charge is -2.13. The third-order valence-electron chi connectivity index (χ3n) is 5.67. The Hall–Kier alpha value is -4.73. The third kappa shape index (κ3) is 5.58. The number of nitrogens with zero attached hydrogens (tertiary/aromatic N) is 3. The number of methoxy groups -OCH3 is 1. The lowest BCUT2D eigenvalue weighted by molar-refractivity contribution is -0.116. The van der Waals surface area contributed by atoms with Crippen LogP contribution in [-0.4, -0.2) is 40.3 Å². The molecule has 1 N–H and O–H groups in total. The molecule has 2 heterocycles. The van der Waals surface area contributed by atoms with Crippen molar-refractivity contribution in [3.63, 3.8) is 0 Å². The van der Waals surface area contributed by atoms with E-state index in [1.54, 1.807) is 82.5 Å². The van der Waals surface area contributed by atoms with E-state index >= 15 is 0 Å². The van der Waals surface area contributed by atoms with E-state index in [1.807, 2.05) is 0 Å². The topological polar surface area (TPSA) is 126 Å². The van der Waals surface area contributed by atoms with E-state index in [-0.39, 0.29) is 24.6 Å². The second-order valence-electron chi connectivity index (χ2n) is 8.23. The molecule has 1 amide bonds. The molecule has 0 aliphatic rings. The summed E-state index contributed by atoms with van der Waals surface area (Å²) in [5, 5.41) is 6.75. The van der Waals surface area contributed by atoms with Crippen molar-refractivity contribution in [3.8, 4) is 28.6 Å². The van der Waals surface area contributed by atoms with Crippen LogP contribution in [0.15, 0.2) is 63.9 Å². The predicted octanol–water partition coefficient (Wildman–Crippen LogP) is 4.01. The first-order chi connectivity index (χ1) is 17.8. The van der Waals surface area contributed by atoms with E-state index in [2.05, 4.69) is 15.5 Å². The van der Waals surface area contributed by atoms with Gasteiger partial charge in [-0.3, -0.25) is 9.59 Å². The van der Waals surface area contributed by atoms with Crippen molar-refractivity contribution in [1.82, 2.24) is 14.7 Å². The first-order valence-electron chi connectivity index (χ1n) is 11.6. The third-order valence-corrected chi connectivity index (χ3v) is 5.67. The minimum atomic E-state index is -0.439. The summed E-state index contributed by atoms with van der Waals surface area (Å²) >= 11 is 0. The average Bonchev–Trinajstić information content (AvgIpc) is 3.37. The average molecular weight is 503 g/mol. The maximum atomic E-state index is 13.4. The highest BCUT2D eigenvalue weighted by atomic mass is 16.5. The van der Waals surface area contributed by atoms with Crippen molar-refractivity contribution >= 4 is 17.6 Å². The number of amides is 1. The van der Waals surface area contributed by atoms with Gasteiger partial charge in [-0.05, 0) is 80.9 Å².